The molecule has 5 rings (SSSR count). The van der Waals surface area contributed by atoms with Crippen LogP contribution >= 0.6 is 12.2 Å². The third-order valence-corrected chi connectivity index (χ3v) is 6.81. The number of thiocarbonyl (C=S) groups is 1. The second-order valence-electron chi connectivity index (χ2n) is 8.42. The predicted molar refractivity (Wildman–Crippen MR) is 127 cm³/mol. The van der Waals surface area contributed by atoms with Crippen LogP contribution in [0.2, 0.25) is 0 Å². The molecule has 32 heavy (non-hydrogen) atoms. The first kappa shape index (κ1) is 21.3. The molecule has 2 saturated heterocycles. The minimum Gasteiger partial charge on any atom is -0.379 e. The van der Waals surface area contributed by atoms with Crippen molar-refractivity contribution in [2.75, 3.05) is 52.5 Å². The first-order valence-electron chi connectivity index (χ1n) is 11.4. The fourth-order valence-corrected chi connectivity index (χ4v) is 4.85. The molecule has 0 unspecified atom stereocenters. The van der Waals surface area contributed by atoms with Crippen molar-refractivity contribution < 1.29 is 4.74 Å². The first-order chi connectivity index (χ1) is 15.8. The van der Waals surface area contributed by atoms with Gasteiger partial charge in [-0.1, -0.05) is 17.3 Å². The van der Waals surface area contributed by atoms with Gasteiger partial charge in [0, 0.05) is 57.6 Å². The summed E-state index contributed by atoms with van der Waals surface area (Å²) < 4.78 is 9.54. The van der Waals surface area contributed by atoms with Gasteiger partial charge < -0.3 is 19.5 Å². The molecule has 170 valence electrons. The number of hydrogen-bond acceptors (Lipinski definition) is 6. The van der Waals surface area contributed by atoms with E-state index in [0.29, 0.717) is 12.6 Å². The average Bonchev–Trinajstić information content (AvgIpc) is 3.47. The Balaban J connectivity index is 1.13. The van der Waals surface area contributed by atoms with Crippen molar-refractivity contribution in [1.82, 2.24) is 39.7 Å². The van der Waals surface area contributed by atoms with Crippen molar-refractivity contribution >= 4 is 28.4 Å². The van der Waals surface area contributed by atoms with E-state index in [-0.39, 0.29) is 0 Å². The third-order valence-electron chi connectivity index (χ3n) is 6.41. The minimum absolute atomic E-state index is 0.423. The number of nitrogens with zero attached hydrogens (tertiary/aromatic N) is 7. The van der Waals surface area contributed by atoms with Gasteiger partial charge in [-0.2, -0.15) is 0 Å². The number of rotatable bonds is 6. The molecule has 2 aliphatic rings. The highest BCUT2D eigenvalue weighted by molar-refractivity contribution is 7.80. The maximum absolute atomic E-state index is 5.66. The van der Waals surface area contributed by atoms with Crippen LogP contribution in [0, 0.1) is 0 Å². The quantitative estimate of drug-likeness (QED) is 0.562. The fourth-order valence-electron chi connectivity index (χ4n) is 4.56. The molecule has 0 aliphatic carbocycles. The number of imidazole rings is 1. The van der Waals surface area contributed by atoms with Gasteiger partial charge in [0.1, 0.15) is 18.0 Å². The van der Waals surface area contributed by atoms with Crippen molar-refractivity contribution in [3.63, 3.8) is 0 Å². The van der Waals surface area contributed by atoms with Crippen molar-refractivity contribution in [2.24, 2.45) is 0 Å². The maximum Gasteiger partial charge on any atom is 0.168 e. The number of piperidine rings is 1. The molecule has 2 fully saturated rings. The zero-order valence-corrected chi connectivity index (χ0v) is 19.1. The van der Waals surface area contributed by atoms with Gasteiger partial charge in [0.25, 0.3) is 0 Å². The lowest BCUT2D eigenvalue weighted by atomic mass is 9.96. The topological polar surface area (TPSA) is 76.3 Å². The van der Waals surface area contributed by atoms with E-state index in [1.165, 1.54) is 0 Å². The van der Waals surface area contributed by atoms with E-state index in [2.05, 4.69) is 36.1 Å². The number of morpholine rings is 1. The molecular formula is C22H30N8OS. The normalized spacial score (nSPS) is 18.3. The molecular weight excluding hydrogens is 424 g/mol. The van der Waals surface area contributed by atoms with Crippen LogP contribution < -0.4 is 5.32 Å². The number of benzene rings is 1. The summed E-state index contributed by atoms with van der Waals surface area (Å²) in [5.41, 5.74) is 1.95. The maximum atomic E-state index is 5.66. The number of hydrogen-bond donors (Lipinski definition) is 1. The van der Waals surface area contributed by atoms with Crippen molar-refractivity contribution in [2.45, 2.75) is 25.4 Å². The molecule has 10 heteroatoms. The molecule has 0 atom stereocenters. The molecule has 3 aromatic rings. The zero-order valence-electron chi connectivity index (χ0n) is 18.3. The lowest BCUT2D eigenvalue weighted by Gasteiger charge is -2.34. The lowest BCUT2D eigenvalue weighted by molar-refractivity contribution is 0.0388. The van der Waals surface area contributed by atoms with Crippen molar-refractivity contribution in [1.29, 1.82) is 0 Å². The molecule has 0 saturated carbocycles. The zero-order chi connectivity index (χ0) is 21.8. The van der Waals surface area contributed by atoms with Gasteiger partial charge in [-0.05, 0) is 37.2 Å². The Morgan fingerprint density at radius 1 is 1.12 bits per heavy atom. The summed E-state index contributed by atoms with van der Waals surface area (Å²) in [6.07, 6.45) is 6.01. The molecule has 0 radical (unpaired) electrons. The van der Waals surface area contributed by atoms with Gasteiger partial charge in [0.15, 0.2) is 5.11 Å². The summed E-state index contributed by atoms with van der Waals surface area (Å²) in [6, 6.07) is 8.04. The molecule has 0 spiro atoms. The van der Waals surface area contributed by atoms with Gasteiger partial charge in [-0.15, -0.1) is 5.10 Å². The van der Waals surface area contributed by atoms with E-state index < -0.39 is 0 Å². The SMILES string of the molecule is S=C(NCCN1CCOCC1)N1CCC(c2nccn2Cn2nnc3ccccc32)CC1. The number of aromatic nitrogens is 5. The van der Waals surface area contributed by atoms with Gasteiger partial charge >= 0.3 is 0 Å². The number of likely N-dealkylation sites (tertiary alicyclic amines) is 1. The molecule has 2 aromatic heterocycles. The third kappa shape index (κ3) is 4.77. The van der Waals surface area contributed by atoms with Gasteiger partial charge in [-0.3, -0.25) is 4.90 Å². The standard InChI is InChI=1S/C22H30N8OS/c32-22(24-7-11-27-13-15-31-16-14-27)28-9-5-18(6-10-28)21-23-8-12-29(21)17-30-20-4-2-1-3-19(20)25-26-30/h1-4,8,12,18H,5-7,9-11,13-17H2,(H,24,32). The molecule has 4 heterocycles. The van der Waals surface area contributed by atoms with Crippen LogP contribution in [0.5, 0.6) is 0 Å². The van der Waals surface area contributed by atoms with Crippen molar-refractivity contribution in [3.8, 4) is 0 Å². The number of nitrogens with one attached hydrogen (secondary N) is 1. The minimum atomic E-state index is 0.423. The fraction of sp³-hybridized carbons (Fsp3) is 0.545. The molecule has 9 nitrogen and oxygen atoms in total. The predicted octanol–water partition coefficient (Wildman–Crippen LogP) is 1.52. The average molecular weight is 455 g/mol. The first-order valence-corrected chi connectivity index (χ1v) is 11.8. The Labute approximate surface area is 193 Å². The monoisotopic (exact) mass is 454 g/mol. The Hall–Kier alpha value is -2.56. The van der Waals surface area contributed by atoms with Crippen LogP contribution in [-0.4, -0.2) is 91.9 Å². The summed E-state index contributed by atoms with van der Waals surface area (Å²) in [7, 11) is 0. The van der Waals surface area contributed by atoms with E-state index in [1.807, 2.05) is 35.3 Å². The van der Waals surface area contributed by atoms with E-state index in [1.54, 1.807) is 0 Å². The van der Waals surface area contributed by atoms with E-state index in [9.17, 15) is 0 Å². The van der Waals surface area contributed by atoms with Crippen molar-refractivity contribution in [3.05, 3.63) is 42.5 Å². The van der Waals surface area contributed by atoms with E-state index in [4.69, 9.17) is 21.9 Å². The van der Waals surface area contributed by atoms with Crippen LogP contribution in [0.4, 0.5) is 0 Å². The van der Waals surface area contributed by atoms with Gasteiger partial charge in [0.05, 0.1) is 18.7 Å². The Kier molecular flexibility index (Phi) is 6.61. The summed E-state index contributed by atoms with van der Waals surface area (Å²) in [6.45, 7) is 8.11. The van der Waals surface area contributed by atoms with Crippen LogP contribution in [-0.2, 0) is 11.4 Å². The second kappa shape index (κ2) is 9.93. The highest BCUT2D eigenvalue weighted by atomic mass is 32.1. The van der Waals surface area contributed by atoms with Crippen LogP contribution in [0.3, 0.4) is 0 Å². The van der Waals surface area contributed by atoms with Crippen LogP contribution in [0.25, 0.3) is 11.0 Å². The summed E-state index contributed by atoms with van der Waals surface area (Å²) in [5.74, 6) is 1.54. The number of ether oxygens (including phenoxy) is 1. The Bertz CT molecular complexity index is 1040. The van der Waals surface area contributed by atoms with Gasteiger partial charge in [-0.25, -0.2) is 9.67 Å². The Morgan fingerprint density at radius 2 is 1.94 bits per heavy atom. The smallest absolute Gasteiger partial charge is 0.168 e. The van der Waals surface area contributed by atoms with Crippen LogP contribution in [0.1, 0.15) is 24.6 Å². The van der Waals surface area contributed by atoms with Crippen LogP contribution in [0.15, 0.2) is 36.7 Å². The lowest BCUT2D eigenvalue weighted by Crippen LogP contribution is -2.47. The summed E-state index contributed by atoms with van der Waals surface area (Å²) in [4.78, 5) is 9.41. The molecule has 0 amide bonds. The number of para-hydroxylation sites is 1. The Morgan fingerprint density at radius 3 is 2.78 bits per heavy atom. The summed E-state index contributed by atoms with van der Waals surface area (Å²) >= 11 is 5.66. The van der Waals surface area contributed by atoms with E-state index in [0.717, 1.165) is 87.3 Å². The summed E-state index contributed by atoms with van der Waals surface area (Å²) in [5, 5.41) is 12.9. The molecule has 1 N–H and O–H groups in total. The van der Waals surface area contributed by atoms with E-state index >= 15 is 0 Å². The molecule has 2 aliphatic heterocycles. The molecule has 0 bridgehead atoms. The van der Waals surface area contributed by atoms with Gasteiger partial charge in [0.2, 0.25) is 0 Å². The number of fused-ring (bicyclic) bond motifs is 1. The highest BCUT2D eigenvalue weighted by Crippen LogP contribution is 2.27. The largest absolute Gasteiger partial charge is 0.379 e. The second-order valence-corrected chi connectivity index (χ2v) is 8.81. The molecule has 1 aromatic carbocycles. The highest BCUT2D eigenvalue weighted by Gasteiger charge is 2.25.